The molecule has 1 saturated carbocycles. The van der Waals surface area contributed by atoms with Crippen LogP contribution in [-0.4, -0.2) is 36.0 Å². The van der Waals surface area contributed by atoms with Gasteiger partial charge in [0.05, 0.1) is 0 Å². The molecule has 1 aliphatic heterocycles. The molecule has 1 aromatic rings. The largest absolute Gasteiger partial charge is 0.343 e. The summed E-state index contributed by atoms with van der Waals surface area (Å²) in [5.74, 6) is 0.960. The van der Waals surface area contributed by atoms with Crippen LogP contribution in [0.25, 0.3) is 0 Å². The standard InChI is InChI=1S/C17H24N2O/c1-13(20)19-9-7-16(8-10-19)18-17-11-15(12-17)14-5-3-2-4-6-14/h2-6,15-18H,7-12H2,1H3. The zero-order valence-corrected chi connectivity index (χ0v) is 12.2. The van der Waals surface area contributed by atoms with E-state index in [2.05, 4.69) is 35.6 Å². The quantitative estimate of drug-likeness (QED) is 0.917. The van der Waals surface area contributed by atoms with Gasteiger partial charge in [-0.25, -0.2) is 0 Å². The molecule has 108 valence electrons. The highest BCUT2D eigenvalue weighted by molar-refractivity contribution is 5.73. The van der Waals surface area contributed by atoms with Crippen molar-refractivity contribution in [3.8, 4) is 0 Å². The van der Waals surface area contributed by atoms with Crippen LogP contribution in [0, 0.1) is 0 Å². The van der Waals surface area contributed by atoms with Gasteiger partial charge < -0.3 is 10.2 Å². The van der Waals surface area contributed by atoms with E-state index in [0.29, 0.717) is 12.1 Å². The van der Waals surface area contributed by atoms with Crippen LogP contribution in [0.2, 0.25) is 0 Å². The maximum Gasteiger partial charge on any atom is 0.219 e. The number of amides is 1. The Bertz CT molecular complexity index is 445. The lowest BCUT2D eigenvalue weighted by atomic mass is 9.75. The Morgan fingerprint density at radius 3 is 2.35 bits per heavy atom. The molecule has 0 spiro atoms. The van der Waals surface area contributed by atoms with Crippen LogP contribution < -0.4 is 5.32 Å². The van der Waals surface area contributed by atoms with Crippen molar-refractivity contribution in [3.05, 3.63) is 35.9 Å². The predicted octanol–water partition coefficient (Wildman–Crippen LogP) is 2.53. The lowest BCUT2D eigenvalue weighted by molar-refractivity contribution is -0.129. The topological polar surface area (TPSA) is 32.3 Å². The van der Waals surface area contributed by atoms with E-state index < -0.39 is 0 Å². The molecule has 20 heavy (non-hydrogen) atoms. The second-order valence-electron chi connectivity index (χ2n) is 6.22. The Morgan fingerprint density at radius 2 is 1.75 bits per heavy atom. The fraction of sp³-hybridized carbons (Fsp3) is 0.588. The van der Waals surface area contributed by atoms with Crippen LogP contribution in [-0.2, 0) is 4.79 Å². The number of nitrogens with one attached hydrogen (secondary N) is 1. The number of benzene rings is 1. The molecule has 3 heteroatoms. The third kappa shape index (κ3) is 3.04. The molecule has 0 aromatic heterocycles. The molecule has 1 amide bonds. The summed E-state index contributed by atoms with van der Waals surface area (Å²) in [5.41, 5.74) is 1.48. The monoisotopic (exact) mass is 272 g/mol. The van der Waals surface area contributed by atoms with Gasteiger partial charge >= 0.3 is 0 Å². The molecular formula is C17H24N2O. The lowest BCUT2D eigenvalue weighted by Gasteiger charge is -2.41. The number of nitrogens with zero attached hydrogens (tertiary/aromatic N) is 1. The number of hydrogen-bond donors (Lipinski definition) is 1. The zero-order valence-electron chi connectivity index (χ0n) is 12.2. The molecule has 0 radical (unpaired) electrons. The van der Waals surface area contributed by atoms with Gasteiger partial charge in [0.25, 0.3) is 0 Å². The van der Waals surface area contributed by atoms with Crippen LogP contribution in [0.1, 0.15) is 44.1 Å². The summed E-state index contributed by atoms with van der Waals surface area (Å²) in [6.07, 6.45) is 4.73. The molecular weight excluding hydrogens is 248 g/mol. The summed E-state index contributed by atoms with van der Waals surface area (Å²) >= 11 is 0. The average molecular weight is 272 g/mol. The molecule has 0 bridgehead atoms. The first kappa shape index (κ1) is 13.6. The third-order valence-corrected chi connectivity index (χ3v) is 4.82. The van der Waals surface area contributed by atoms with E-state index in [1.165, 1.54) is 18.4 Å². The summed E-state index contributed by atoms with van der Waals surface area (Å²) in [6.45, 7) is 3.51. The lowest BCUT2D eigenvalue weighted by Crippen LogP contribution is -2.50. The van der Waals surface area contributed by atoms with Gasteiger partial charge in [0.1, 0.15) is 0 Å². The Hall–Kier alpha value is -1.35. The minimum atomic E-state index is 0.219. The van der Waals surface area contributed by atoms with Crippen LogP contribution in [0.15, 0.2) is 30.3 Å². The van der Waals surface area contributed by atoms with Gasteiger partial charge in [-0.3, -0.25) is 4.79 Å². The molecule has 0 unspecified atom stereocenters. The summed E-state index contributed by atoms with van der Waals surface area (Å²) in [6, 6.07) is 12.1. The van der Waals surface area contributed by atoms with Gasteiger partial charge in [0.2, 0.25) is 5.91 Å². The Kier molecular flexibility index (Phi) is 4.06. The normalized spacial score (nSPS) is 27.1. The number of piperidine rings is 1. The Morgan fingerprint density at radius 1 is 1.10 bits per heavy atom. The molecule has 3 nitrogen and oxygen atoms in total. The van der Waals surface area contributed by atoms with Gasteiger partial charge in [-0.15, -0.1) is 0 Å². The molecule has 1 heterocycles. The first-order chi connectivity index (χ1) is 9.72. The number of rotatable bonds is 3. The second kappa shape index (κ2) is 5.96. The smallest absolute Gasteiger partial charge is 0.219 e. The van der Waals surface area contributed by atoms with Crippen LogP contribution >= 0.6 is 0 Å². The fourth-order valence-electron chi connectivity index (χ4n) is 3.45. The first-order valence-corrected chi connectivity index (χ1v) is 7.79. The first-order valence-electron chi connectivity index (χ1n) is 7.79. The highest BCUT2D eigenvalue weighted by atomic mass is 16.2. The van der Waals surface area contributed by atoms with E-state index in [4.69, 9.17) is 0 Å². The van der Waals surface area contributed by atoms with Crippen molar-refractivity contribution in [1.82, 2.24) is 10.2 Å². The van der Waals surface area contributed by atoms with Gasteiger partial charge in [0.15, 0.2) is 0 Å². The van der Waals surface area contributed by atoms with Crippen molar-refractivity contribution in [3.63, 3.8) is 0 Å². The van der Waals surface area contributed by atoms with Gasteiger partial charge in [-0.05, 0) is 37.2 Å². The number of carbonyl (C=O) groups is 1. The van der Waals surface area contributed by atoms with Crippen LogP contribution in [0.5, 0.6) is 0 Å². The van der Waals surface area contributed by atoms with Crippen LogP contribution in [0.4, 0.5) is 0 Å². The molecule has 1 saturated heterocycles. The third-order valence-electron chi connectivity index (χ3n) is 4.82. The summed E-state index contributed by atoms with van der Waals surface area (Å²) in [4.78, 5) is 13.3. The zero-order chi connectivity index (χ0) is 13.9. The van der Waals surface area contributed by atoms with E-state index in [9.17, 15) is 4.79 Å². The van der Waals surface area contributed by atoms with Crippen molar-refractivity contribution >= 4 is 5.91 Å². The summed E-state index contributed by atoms with van der Waals surface area (Å²) in [7, 11) is 0. The van der Waals surface area contributed by atoms with Crippen LogP contribution in [0.3, 0.4) is 0 Å². The van der Waals surface area contributed by atoms with Gasteiger partial charge in [-0.1, -0.05) is 30.3 Å². The SMILES string of the molecule is CC(=O)N1CCC(NC2CC(c3ccccc3)C2)CC1. The maximum atomic E-state index is 11.3. The molecule has 3 rings (SSSR count). The summed E-state index contributed by atoms with van der Waals surface area (Å²) in [5, 5.41) is 3.78. The average Bonchev–Trinajstić information content (AvgIpc) is 2.44. The predicted molar refractivity (Wildman–Crippen MR) is 80.6 cm³/mol. The summed E-state index contributed by atoms with van der Waals surface area (Å²) < 4.78 is 0. The Balaban J connectivity index is 1.41. The highest BCUT2D eigenvalue weighted by Gasteiger charge is 2.32. The van der Waals surface area contributed by atoms with E-state index in [-0.39, 0.29) is 5.91 Å². The van der Waals surface area contributed by atoms with Crippen molar-refractivity contribution in [1.29, 1.82) is 0 Å². The minimum absolute atomic E-state index is 0.219. The van der Waals surface area contributed by atoms with Crippen molar-refractivity contribution in [2.45, 2.75) is 50.6 Å². The molecule has 2 fully saturated rings. The number of carbonyl (C=O) groups excluding carboxylic acids is 1. The van der Waals surface area contributed by atoms with E-state index in [0.717, 1.165) is 31.8 Å². The highest BCUT2D eigenvalue weighted by Crippen LogP contribution is 2.37. The van der Waals surface area contributed by atoms with E-state index in [1.54, 1.807) is 6.92 Å². The molecule has 2 aliphatic rings. The fourth-order valence-corrected chi connectivity index (χ4v) is 3.45. The van der Waals surface area contributed by atoms with Crippen molar-refractivity contribution < 1.29 is 4.79 Å². The molecule has 1 aliphatic carbocycles. The number of hydrogen-bond acceptors (Lipinski definition) is 2. The van der Waals surface area contributed by atoms with Gasteiger partial charge in [-0.2, -0.15) is 0 Å². The minimum Gasteiger partial charge on any atom is -0.343 e. The van der Waals surface area contributed by atoms with Crippen molar-refractivity contribution in [2.24, 2.45) is 0 Å². The second-order valence-corrected chi connectivity index (χ2v) is 6.22. The van der Waals surface area contributed by atoms with Crippen molar-refractivity contribution in [2.75, 3.05) is 13.1 Å². The maximum absolute atomic E-state index is 11.3. The number of likely N-dealkylation sites (tertiary alicyclic amines) is 1. The molecule has 0 atom stereocenters. The Labute approximate surface area is 121 Å². The molecule has 1 aromatic carbocycles. The van der Waals surface area contributed by atoms with E-state index in [1.807, 2.05) is 4.90 Å². The molecule has 1 N–H and O–H groups in total. The van der Waals surface area contributed by atoms with E-state index >= 15 is 0 Å². The van der Waals surface area contributed by atoms with Gasteiger partial charge in [0, 0.05) is 32.1 Å².